The van der Waals surface area contributed by atoms with Gasteiger partial charge in [0.15, 0.2) is 0 Å². The van der Waals surface area contributed by atoms with Gasteiger partial charge in [0.05, 0.1) is 6.10 Å². The summed E-state index contributed by atoms with van der Waals surface area (Å²) in [6.45, 7) is 4.96. The van der Waals surface area contributed by atoms with Crippen LogP contribution in [-0.2, 0) is 4.79 Å². The van der Waals surface area contributed by atoms with Crippen LogP contribution in [0.25, 0.3) is 0 Å². The van der Waals surface area contributed by atoms with Crippen LogP contribution < -0.4 is 5.32 Å². The lowest BCUT2D eigenvalue weighted by Crippen LogP contribution is -2.56. The van der Waals surface area contributed by atoms with E-state index in [-0.39, 0.29) is 23.3 Å². The summed E-state index contributed by atoms with van der Waals surface area (Å²) < 4.78 is 0. The Hall–Kier alpha value is -0.280. The van der Waals surface area contributed by atoms with E-state index in [1.54, 1.807) is 0 Å². The minimum absolute atomic E-state index is 0.00685. The van der Waals surface area contributed by atoms with Crippen molar-refractivity contribution in [2.45, 2.75) is 83.8 Å². The number of carbonyl (C=O) groups is 1. The second-order valence-electron chi connectivity index (χ2n) is 9.96. The molecule has 8 atom stereocenters. The quantitative estimate of drug-likeness (QED) is 0.721. The molecule has 142 valence electrons. The average molecular weight is 368 g/mol. The number of aliphatic hydroxyl groups excluding tert-OH is 1. The van der Waals surface area contributed by atoms with Crippen LogP contribution in [0, 0.1) is 34.5 Å². The molecule has 0 spiro atoms. The van der Waals surface area contributed by atoms with Gasteiger partial charge in [-0.2, -0.15) is 0 Å². The summed E-state index contributed by atoms with van der Waals surface area (Å²) in [5.41, 5.74) is 0.682. The molecule has 4 fully saturated rings. The largest absolute Gasteiger partial charge is 0.393 e. The molecule has 4 heteroatoms. The lowest BCUT2D eigenvalue weighted by Gasteiger charge is -2.60. The van der Waals surface area contributed by atoms with Crippen LogP contribution in [0.2, 0.25) is 0 Å². The minimum Gasteiger partial charge on any atom is -0.393 e. The fraction of sp³-hybridized carbons (Fsp3) is 0.952. The number of nitrogens with one attached hydrogen (secondary N) is 1. The Morgan fingerprint density at radius 1 is 1.04 bits per heavy atom. The number of alkyl halides is 1. The number of rotatable bonds is 2. The topological polar surface area (TPSA) is 49.3 Å². The molecule has 0 saturated heterocycles. The van der Waals surface area contributed by atoms with Gasteiger partial charge < -0.3 is 10.4 Å². The molecule has 4 aliphatic carbocycles. The number of carbonyl (C=O) groups excluding carboxylic acids is 1. The fourth-order valence-electron chi connectivity index (χ4n) is 7.71. The summed E-state index contributed by atoms with van der Waals surface area (Å²) in [5.74, 6) is 3.16. The maximum absolute atomic E-state index is 11.9. The molecule has 0 aromatic carbocycles. The number of fused-ring (bicyclic) bond motifs is 5. The Morgan fingerprint density at radius 3 is 2.52 bits per heavy atom. The summed E-state index contributed by atoms with van der Waals surface area (Å²) in [5, 5.41) is 13.4. The molecular formula is C21H34ClNO2. The highest BCUT2D eigenvalue weighted by Crippen LogP contribution is 2.66. The predicted octanol–water partition coefficient (Wildman–Crippen LogP) is 4.11. The molecule has 4 saturated carbocycles. The molecular weight excluding hydrogens is 334 g/mol. The molecule has 8 unspecified atom stereocenters. The van der Waals surface area contributed by atoms with Crippen molar-refractivity contribution in [2.24, 2.45) is 34.5 Å². The van der Waals surface area contributed by atoms with Crippen LogP contribution in [-0.4, -0.2) is 29.0 Å². The highest BCUT2D eigenvalue weighted by molar-refractivity contribution is 6.27. The molecule has 0 aromatic rings. The van der Waals surface area contributed by atoms with Gasteiger partial charge in [-0.3, -0.25) is 4.79 Å². The van der Waals surface area contributed by atoms with E-state index >= 15 is 0 Å². The van der Waals surface area contributed by atoms with Gasteiger partial charge in [-0.05, 0) is 92.3 Å². The summed E-state index contributed by atoms with van der Waals surface area (Å²) in [4.78, 5) is 11.9. The molecule has 1 amide bonds. The van der Waals surface area contributed by atoms with E-state index in [2.05, 4.69) is 19.2 Å². The van der Waals surface area contributed by atoms with Gasteiger partial charge in [-0.15, -0.1) is 11.6 Å². The Labute approximate surface area is 157 Å². The van der Waals surface area contributed by atoms with Crippen LogP contribution in [0.5, 0.6) is 0 Å². The molecule has 0 aliphatic heterocycles. The first-order valence-electron chi connectivity index (χ1n) is 10.4. The van der Waals surface area contributed by atoms with E-state index in [0.717, 1.165) is 42.9 Å². The summed E-state index contributed by atoms with van der Waals surface area (Å²) in [7, 11) is 0. The zero-order chi connectivity index (χ0) is 17.8. The van der Waals surface area contributed by atoms with Crippen molar-refractivity contribution in [3.8, 4) is 0 Å². The molecule has 0 heterocycles. The van der Waals surface area contributed by atoms with E-state index in [4.69, 9.17) is 11.6 Å². The van der Waals surface area contributed by atoms with Crippen molar-refractivity contribution >= 4 is 17.5 Å². The summed E-state index contributed by atoms with van der Waals surface area (Å²) in [6, 6.07) is 0.309. The molecule has 25 heavy (non-hydrogen) atoms. The monoisotopic (exact) mass is 367 g/mol. The molecule has 0 bridgehead atoms. The summed E-state index contributed by atoms with van der Waals surface area (Å²) in [6.07, 6.45) is 10.7. The number of amides is 1. The number of aliphatic hydroxyl groups is 1. The molecule has 4 rings (SSSR count). The van der Waals surface area contributed by atoms with Gasteiger partial charge in [0.25, 0.3) is 0 Å². The highest BCUT2D eigenvalue weighted by atomic mass is 35.5. The van der Waals surface area contributed by atoms with Gasteiger partial charge in [0, 0.05) is 6.04 Å². The lowest BCUT2D eigenvalue weighted by atomic mass is 9.45. The molecule has 2 N–H and O–H groups in total. The SMILES string of the molecule is CC12CCC(O)CC1CCC1C2CCC2(C)C(NC(=O)CCl)CCC12. The van der Waals surface area contributed by atoms with E-state index in [0.29, 0.717) is 11.5 Å². The highest BCUT2D eigenvalue weighted by Gasteiger charge is 2.60. The van der Waals surface area contributed by atoms with E-state index in [1.807, 2.05) is 0 Å². The standard InChI is InChI=1S/C21H34ClNO2/c1-20-9-7-14(24)11-13(20)3-4-15-16-5-6-18(23-19(25)12-22)21(16,2)10-8-17(15)20/h13-18,24H,3-12H2,1-2H3,(H,23,25). The average Bonchev–Trinajstić information content (AvgIpc) is 2.92. The molecule has 0 radical (unpaired) electrons. The van der Waals surface area contributed by atoms with Gasteiger partial charge in [0.1, 0.15) is 5.88 Å². The second-order valence-corrected chi connectivity index (χ2v) is 10.2. The Kier molecular flexibility index (Phi) is 4.64. The third kappa shape index (κ3) is 2.76. The normalized spacial score (nSPS) is 52.0. The van der Waals surface area contributed by atoms with Crippen molar-refractivity contribution in [1.29, 1.82) is 0 Å². The smallest absolute Gasteiger partial charge is 0.235 e. The van der Waals surface area contributed by atoms with Gasteiger partial charge in [0.2, 0.25) is 5.91 Å². The van der Waals surface area contributed by atoms with Crippen LogP contribution in [0.15, 0.2) is 0 Å². The van der Waals surface area contributed by atoms with Gasteiger partial charge >= 0.3 is 0 Å². The van der Waals surface area contributed by atoms with Gasteiger partial charge in [-0.1, -0.05) is 13.8 Å². The third-order valence-corrected chi connectivity index (χ3v) is 9.34. The maximum atomic E-state index is 11.9. The van der Waals surface area contributed by atoms with Crippen molar-refractivity contribution in [3.05, 3.63) is 0 Å². The minimum atomic E-state index is -0.0647. The fourth-order valence-corrected chi connectivity index (χ4v) is 7.78. The maximum Gasteiger partial charge on any atom is 0.235 e. The predicted molar refractivity (Wildman–Crippen MR) is 100 cm³/mol. The van der Waals surface area contributed by atoms with Crippen molar-refractivity contribution in [1.82, 2.24) is 5.32 Å². The lowest BCUT2D eigenvalue weighted by molar-refractivity contribution is -0.128. The Balaban J connectivity index is 1.55. The Bertz CT molecular complexity index is 540. The van der Waals surface area contributed by atoms with Gasteiger partial charge in [-0.25, -0.2) is 0 Å². The van der Waals surface area contributed by atoms with E-state index in [9.17, 15) is 9.90 Å². The first kappa shape index (κ1) is 18.1. The second kappa shape index (κ2) is 6.41. The number of hydrogen-bond donors (Lipinski definition) is 2. The number of hydrogen-bond acceptors (Lipinski definition) is 2. The van der Waals surface area contributed by atoms with Crippen molar-refractivity contribution in [3.63, 3.8) is 0 Å². The van der Waals surface area contributed by atoms with Crippen LogP contribution >= 0.6 is 11.6 Å². The van der Waals surface area contributed by atoms with Crippen molar-refractivity contribution < 1.29 is 9.90 Å². The first-order valence-corrected chi connectivity index (χ1v) is 11.0. The van der Waals surface area contributed by atoms with Crippen LogP contribution in [0.4, 0.5) is 0 Å². The number of halogens is 1. The van der Waals surface area contributed by atoms with Crippen LogP contribution in [0.3, 0.4) is 0 Å². The molecule has 4 aliphatic rings. The molecule has 3 nitrogen and oxygen atoms in total. The first-order chi connectivity index (χ1) is 11.9. The Morgan fingerprint density at radius 2 is 1.76 bits per heavy atom. The van der Waals surface area contributed by atoms with E-state index in [1.165, 1.54) is 38.5 Å². The summed E-state index contributed by atoms with van der Waals surface area (Å²) >= 11 is 5.74. The van der Waals surface area contributed by atoms with Crippen molar-refractivity contribution in [2.75, 3.05) is 5.88 Å². The molecule has 0 aromatic heterocycles. The zero-order valence-corrected chi connectivity index (χ0v) is 16.5. The van der Waals surface area contributed by atoms with Crippen LogP contribution in [0.1, 0.15) is 71.6 Å². The zero-order valence-electron chi connectivity index (χ0n) is 15.8. The van der Waals surface area contributed by atoms with E-state index < -0.39 is 0 Å². The third-order valence-electron chi connectivity index (χ3n) is 9.09.